The summed E-state index contributed by atoms with van der Waals surface area (Å²) in [4.78, 5) is 11.8. The van der Waals surface area contributed by atoms with E-state index in [0.717, 1.165) is 38.2 Å². The lowest BCUT2D eigenvalue weighted by atomic mass is 9.69. The Hall–Kier alpha value is -1.27. The SMILES string of the molecule is C[C@@H](N)C(=O)NCC1(c2cccc(C(F)(F)F)c2)CCCCC1.Cl. The Morgan fingerprint density at radius 3 is 2.46 bits per heavy atom. The molecule has 1 fully saturated rings. The maximum Gasteiger partial charge on any atom is 0.416 e. The van der Waals surface area contributed by atoms with Crippen LogP contribution in [0.25, 0.3) is 0 Å². The van der Waals surface area contributed by atoms with E-state index in [-0.39, 0.29) is 18.3 Å². The fourth-order valence-electron chi connectivity index (χ4n) is 3.24. The van der Waals surface area contributed by atoms with Crippen LogP contribution in [0.1, 0.15) is 50.2 Å². The number of benzene rings is 1. The van der Waals surface area contributed by atoms with E-state index in [1.807, 2.05) is 0 Å². The first-order valence-electron chi connectivity index (χ1n) is 7.96. The highest BCUT2D eigenvalue weighted by molar-refractivity contribution is 5.85. The summed E-state index contributed by atoms with van der Waals surface area (Å²) < 4.78 is 39.0. The van der Waals surface area contributed by atoms with E-state index < -0.39 is 23.2 Å². The van der Waals surface area contributed by atoms with Crippen LogP contribution in [0.5, 0.6) is 0 Å². The zero-order valence-corrected chi connectivity index (χ0v) is 14.5. The molecular formula is C17H24ClF3N2O. The molecule has 0 aromatic heterocycles. The standard InChI is InChI=1S/C17H23F3N2O.ClH/c1-12(21)15(23)22-11-16(8-3-2-4-9-16)13-6-5-7-14(10-13)17(18,19)20;/h5-7,10,12H,2-4,8-9,11,21H2,1H3,(H,22,23);1H/t12-;/m1./s1. The van der Waals surface area contributed by atoms with Crippen LogP contribution in [0.2, 0.25) is 0 Å². The van der Waals surface area contributed by atoms with Crippen LogP contribution in [-0.2, 0) is 16.4 Å². The smallest absolute Gasteiger partial charge is 0.354 e. The molecular weight excluding hydrogens is 341 g/mol. The summed E-state index contributed by atoms with van der Waals surface area (Å²) in [5, 5.41) is 2.80. The van der Waals surface area contributed by atoms with Gasteiger partial charge in [0.15, 0.2) is 0 Å². The molecule has 0 saturated heterocycles. The third-order valence-electron chi connectivity index (χ3n) is 4.63. The highest BCUT2D eigenvalue weighted by Crippen LogP contribution is 2.41. The van der Waals surface area contributed by atoms with Crippen molar-refractivity contribution < 1.29 is 18.0 Å². The van der Waals surface area contributed by atoms with E-state index in [1.165, 1.54) is 12.1 Å². The molecule has 0 radical (unpaired) electrons. The summed E-state index contributed by atoms with van der Waals surface area (Å²) in [7, 11) is 0. The molecule has 0 unspecified atom stereocenters. The number of carbonyl (C=O) groups excluding carboxylic acids is 1. The zero-order chi connectivity index (χ0) is 17.1. The molecule has 0 aliphatic heterocycles. The van der Waals surface area contributed by atoms with E-state index in [1.54, 1.807) is 13.0 Å². The molecule has 0 spiro atoms. The molecule has 0 bridgehead atoms. The third kappa shape index (κ3) is 4.86. The highest BCUT2D eigenvalue weighted by atomic mass is 35.5. The van der Waals surface area contributed by atoms with Gasteiger partial charge in [-0.3, -0.25) is 4.79 Å². The van der Waals surface area contributed by atoms with Crippen LogP contribution >= 0.6 is 12.4 Å². The monoisotopic (exact) mass is 364 g/mol. The van der Waals surface area contributed by atoms with Gasteiger partial charge in [0.25, 0.3) is 0 Å². The number of hydrogen-bond donors (Lipinski definition) is 2. The number of nitrogens with two attached hydrogens (primary N) is 1. The molecule has 3 N–H and O–H groups in total. The molecule has 1 aromatic rings. The Kier molecular flexibility index (Phi) is 7.10. The summed E-state index contributed by atoms with van der Waals surface area (Å²) in [6.07, 6.45) is 0.151. The molecule has 3 nitrogen and oxygen atoms in total. The van der Waals surface area contributed by atoms with Crippen molar-refractivity contribution in [2.45, 2.75) is 56.7 Å². The second-order valence-electron chi connectivity index (χ2n) is 6.43. The number of nitrogens with one attached hydrogen (secondary N) is 1. The van der Waals surface area contributed by atoms with Crippen LogP contribution < -0.4 is 11.1 Å². The van der Waals surface area contributed by atoms with E-state index in [4.69, 9.17) is 5.73 Å². The molecule has 24 heavy (non-hydrogen) atoms. The average molecular weight is 365 g/mol. The van der Waals surface area contributed by atoms with Crippen LogP contribution in [-0.4, -0.2) is 18.5 Å². The van der Waals surface area contributed by atoms with Crippen LogP contribution in [0.4, 0.5) is 13.2 Å². The lowest BCUT2D eigenvalue weighted by molar-refractivity contribution is -0.137. The van der Waals surface area contributed by atoms with Crippen molar-refractivity contribution in [2.75, 3.05) is 6.54 Å². The molecule has 0 heterocycles. The predicted octanol–water partition coefficient (Wildman–Crippen LogP) is 3.79. The van der Waals surface area contributed by atoms with E-state index >= 15 is 0 Å². The quantitative estimate of drug-likeness (QED) is 0.854. The Bertz CT molecular complexity index is 555. The van der Waals surface area contributed by atoms with Crippen molar-refractivity contribution in [1.82, 2.24) is 5.32 Å². The Morgan fingerprint density at radius 1 is 1.29 bits per heavy atom. The first-order chi connectivity index (χ1) is 10.7. The Balaban J connectivity index is 0.00000288. The van der Waals surface area contributed by atoms with Crippen molar-refractivity contribution in [3.05, 3.63) is 35.4 Å². The minimum Gasteiger partial charge on any atom is -0.354 e. The normalized spacial score (nSPS) is 18.4. The van der Waals surface area contributed by atoms with Crippen molar-refractivity contribution >= 4 is 18.3 Å². The predicted molar refractivity (Wildman–Crippen MR) is 90.1 cm³/mol. The van der Waals surface area contributed by atoms with Gasteiger partial charge in [0.05, 0.1) is 11.6 Å². The minimum atomic E-state index is -4.36. The third-order valence-corrected chi connectivity index (χ3v) is 4.63. The van der Waals surface area contributed by atoms with Crippen LogP contribution in [0.3, 0.4) is 0 Å². The van der Waals surface area contributed by atoms with Crippen molar-refractivity contribution in [3.63, 3.8) is 0 Å². The van der Waals surface area contributed by atoms with E-state index in [9.17, 15) is 18.0 Å². The summed E-state index contributed by atoms with van der Waals surface area (Å²) in [5.41, 5.74) is 5.12. The summed E-state index contributed by atoms with van der Waals surface area (Å²) >= 11 is 0. The van der Waals surface area contributed by atoms with Gasteiger partial charge in [0.1, 0.15) is 0 Å². The lowest BCUT2D eigenvalue weighted by Gasteiger charge is -2.38. The van der Waals surface area contributed by atoms with Gasteiger partial charge in [0.2, 0.25) is 5.91 Å². The minimum absolute atomic E-state index is 0. The topological polar surface area (TPSA) is 55.1 Å². The lowest BCUT2D eigenvalue weighted by Crippen LogP contribution is -2.46. The Labute approximate surface area is 146 Å². The number of amides is 1. The van der Waals surface area contributed by atoms with E-state index in [2.05, 4.69) is 5.32 Å². The summed E-state index contributed by atoms with van der Waals surface area (Å²) in [6, 6.07) is 4.86. The molecule has 1 aliphatic carbocycles. The van der Waals surface area contributed by atoms with Gasteiger partial charge in [-0.2, -0.15) is 13.2 Å². The second kappa shape index (κ2) is 8.21. The fraction of sp³-hybridized carbons (Fsp3) is 0.588. The molecule has 7 heteroatoms. The average Bonchev–Trinajstić information content (AvgIpc) is 2.52. The first kappa shape index (κ1) is 20.8. The second-order valence-corrected chi connectivity index (χ2v) is 6.43. The maximum absolute atomic E-state index is 13.0. The van der Waals surface area contributed by atoms with Gasteiger partial charge in [-0.15, -0.1) is 12.4 Å². The van der Waals surface area contributed by atoms with Crippen LogP contribution in [0.15, 0.2) is 24.3 Å². The molecule has 1 amide bonds. The fourth-order valence-corrected chi connectivity index (χ4v) is 3.24. The van der Waals surface area contributed by atoms with Crippen LogP contribution in [0, 0.1) is 0 Å². The Morgan fingerprint density at radius 2 is 1.92 bits per heavy atom. The summed E-state index contributed by atoms with van der Waals surface area (Å²) in [6.45, 7) is 1.92. The number of rotatable bonds is 4. The van der Waals surface area contributed by atoms with Gasteiger partial charge < -0.3 is 11.1 Å². The number of alkyl halides is 3. The number of hydrogen-bond acceptors (Lipinski definition) is 2. The van der Waals surface area contributed by atoms with Gasteiger partial charge in [-0.05, 0) is 31.4 Å². The van der Waals surface area contributed by atoms with Gasteiger partial charge in [-0.1, -0.05) is 37.5 Å². The zero-order valence-electron chi connectivity index (χ0n) is 13.7. The van der Waals surface area contributed by atoms with Crippen molar-refractivity contribution in [1.29, 1.82) is 0 Å². The number of carbonyl (C=O) groups is 1. The molecule has 1 saturated carbocycles. The number of halogens is 4. The van der Waals surface area contributed by atoms with Gasteiger partial charge in [-0.25, -0.2) is 0 Å². The maximum atomic E-state index is 13.0. The van der Waals surface area contributed by atoms with E-state index in [0.29, 0.717) is 12.1 Å². The summed E-state index contributed by atoms with van der Waals surface area (Å²) in [5.74, 6) is -0.276. The molecule has 1 atom stereocenters. The first-order valence-corrected chi connectivity index (χ1v) is 7.96. The molecule has 2 rings (SSSR count). The molecule has 136 valence electrons. The molecule has 1 aliphatic rings. The van der Waals surface area contributed by atoms with Gasteiger partial charge in [0, 0.05) is 12.0 Å². The van der Waals surface area contributed by atoms with Gasteiger partial charge >= 0.3 is 6.18 Å². The largest absolute Gasteiger partial charge is 0.416 e. The highest BCUT2D eigenvalue weighted by Gasteiger charge is 2.37. The van der Waals surface area contributed by atoms with Crippen molar-refractivity contribution in [3.8, 4) is 0 Å². The molecule has 1 aromatic carbocycles. The van der Waals surface area contributed by atoms with Crippen molar-refractivity contribution in [2.24, 2.45) is 5.73 Å².